The van der Waals surface area contributed by atoms with E-state index in [1.165, 1.54) is 6.33 Å². The van der Waals surface area contributed by atoms with Gasteiger partial charge in [0.05, 0.1) is 5.02 Å². The second-order valence-electron chi connectivity index (χ2n) is 6.72. The Balaban J connectivity index is 1.34. The number of carbonyl (C=O) groups is 1. The molecule has 0 atom stereocenters. The molecule has 2 N–H and O–H groups in total. The third-order valence-electron chi connectivity index (χ3n) is 4.42. The van der Waals surface area contributed by atoms with Crippen molar-refractivity contribution in [2.75, 3.05) is 17.2 Å². The van der Waals surface area contributed by atoms with E-state index in [0.717, 1.165) is 11.5 Å². The van der Waals surface area contributed by atoms with Crippen LogP contribution in [0.15, 0.2) is 67.3 Å². The molecule has 0 aliphatic carbocycles. The lowest BCUT2D eigenvalue weighted by Gasteiger charge is -2.11. The maximum Gasteiger partial charge on any atom is 0.262 e. The molecule has 10 heteroatoms. The summed E-state index contributed by atoms with van der Waals surface area (Å²) in [4.78, 5) is 24.9. The Morgan fingerprint density at radius 1 is 1.03 bits per heavy atom. The number of anilines is 3. The van der Waals surface area contributed by atoms with E-state index in [2.05, 4.69) is 25.6 Å². The number of ether oxygens (including phenoxy) is 1. The molecule has 2 aromatic heterocycles. The number of hydrogen-bond acceptors (Lipinski definition) is 6. The van der Waals surface area contributed by atoms with Gasteiger partial charge in [-0.3, -0.25) is 9.36 Å². The molecule has 0 saturated carbocycles. The first-order chi connectivity index (χ1) is 15.5. The Labute approximate surface area is 194 Å². The summed E-state index contributed by atoms with van der Waals surface area (Å²) in [5.41, 5.74) is 1.43. The summed E-state index contributed by atoms with van der Waals surface area (Å²) >= 11 is 11.9. The summed E-state index contributed by atoms with van der Waals surface area (Å²) in [6.45, 7) is 1.72. The highest BCUT2D eigenvalue weighted by molar-refractivity contribution is 6.35. The highest BCUT2D eigenvalue weighted by atomic mass is 35.5. The van der Waals surface area contributed by atoms with E-state index in [9.17, 15) is 4.79 Å². The van der Waals surface area contributed by atoms with Gasteiger partial charge in [0, 0.05) is 34.9 Å². The normalized spacial score (nSPS) is 10.6. The summed E-state index contributed by atoms with van der Waals surface area (Å²) < 4.78 is 7.31. The van der Waals surface area contributed by atoms with E-state index in [-0.39, 0.29) is 12.5 Å². The zero-order chi connectivity index (χ0) is 22.5. The Morgan fingerprint density at radius 3 is 2.53 bits per heavy atom. The SMILES string of the molecule is Cc1nccn1-c1cc(Nc2ccc(NC(=O)COc3ccc(Cl)cc3Cl)cc2)ncn1. The van der Waals surface area contributed by atoms with Gasteiger partial charge in [-0.05, 0) is 49.4 Å². The second kappa shape index (κ2) is 9.67. The number of halogens is 2. The molecule has 1 amide bonds. The fraction of sp³-hybridized carbons (Fsp3) is 0.0909. The van der Waals surface area contributed by atoms with Gasteiger partial charge < -0.3 is 15.4 Å². The Morgan fingerprint density at radius 2 is 1.81 bits per heavy atom. The number of aryl methyl sites for hydroxylation is 1. The summed E-state index contributed by atoms with van der Waals surface area (Å²) in [5.74, 6) is 2.25. The second-order valence-corrected chi connectivity index (χ2v) is 7.56. The maximum absolute atomic E-state index is 12.2. The van der Waals surface area contributed by atoms with Crippen LogP contribution in [0.3, 0.4) is 0 Å². The molecule has 0 aliphatic rings. The minimum atomic E-state index is -0.312. The average Bonchev–Trinajstić information content (AvgIpc) is 3.21. The van der Waals surface area contributed by atoms with E-state index in [1.54, 1.807) is 36.5 Å². The van der Waals surface area contributed by atoms with E-state index in [1.807, 2.05) is 35.9 Å². The van der Waals surface area contributed by atoms with Crippen molar-refractivity contribution < 1.29 is 9.53 Å². The van der Waals surface area contributed by atoms with Crippen LogP contribution in [-0.4, -0.2) is 32.0 Å². The number of carbonyl (C=O) groups excluding carboxylic acids is 1. The first kappa shape index (κ1) is 21.6. The summed E-state index contributed by atoms with van der Waals surface area (Å²) in [6.07, 6.45) is 5.04. The molecule has 0 fully saturated rings. The zero-order valence-corrected chi connectivity index (χ0v) is 18.4. The number of amides is 1. The number of benzene rings is 2. The van der Waals surface area contributed by atoms with Gasteiger partial charge >= 0.3 is 0 Å². The summed E-state index contributed by atoms with van der Waals surface area (Å²) in [6, 6.07) is 13.8. The molecule has 0 aliphatic heterocycles. The predicted octanol–water partition coefficient (Wildman–Crippen LogP) is 5.04. The molecule has 2 heterocycles. The zero-order valence-electron chi connectivity index (χ0n) is 16.9. The van der Waals surface area contributed by atoms with Crippen LogP contribution in [0.25, 0.3) is 5.82 Å². The van der Waals surface area contributed by atoms with E-state index in [0.29, 0.717) is 33.1 Å². The quantitative estimate of drug-likeness (QED) is 0.394. The lowest BCUT2D eigenvalue weighted by molar-refractivity contribution is -0.118. The van der Waals surface area contributed by atoms with E-state index < -0.39 is 0 Å². The van der Waals surface area contributed by atoms with Crippen LogP contribution in [0, 0.1) is 6.92 Å². The molecule has 2 aromatic carbocycles. The number of imidazole rings is 1. The van der Waals surface area contributed by atoms with Crippen LogP contribution in [0.2, 0.25) is 10.0 Å². The van der Waals surface area contributed by atoms with Crippen molar-refractivity contribution >= 4 is 46.3 Å². The van der Waals surface area contributed by atoms with Crippen LogP contribution in [0.4, 0.5) is 17.2 Å². The predicted molar refractivity (Wildman–Crippen MR) is 124 cm³/mol. The van der Waals surface area contributed by atoms with Crippen molar-refractivity contribution in [2.45, 2.75) is 6.92 Å². The van der Waals surface area contributed by atoms with Crippen LogP contribution in [-0.2, 0) is 4.79 Å². The molecule has 0 bridgehead atoms. The number of nitrogens with zero attached hydrogens (tertiary/aromatic N) is 4. The number of aromatic nitrogens is 4. The van der Waals surface area contributed by atoms with Gasteiger partial charge in [-0.15, -0.1) is 0 Å². The molecule has 4 aromatic rings. The highest BCUT2D eigenvalue weighted by Crippen LogP contribution is 2.27. The van der Waals surface area contributed by atoms with Crippen LogP contribution < -0.4 is 15.4 Å². The molecule has 0 unspecified atom stereocenters. The fourth-order valence-corrected chi connectivity index (χ4v) is 3.35. The molecule has 0 spiro atoms. The van der Waals surface area contributed by atoms with Crippen molar-refractivity contribution in [2.24, 2.45) is 0 Å². The van der Waals surface area contributed by atoms with Crippen LogP contribution in [0.1, 0.15) is 5.82 Å². The third kappa shape index (κ3) is 5.35. The maximum atomic E-state index is 12.2. The molecule has 4 rings (SSSR count). The van der Waals surface area contributed by atoms with E-state index >= 15 is 0 Å². The topological polar surface area (TPSA) is 94.0 Å². The Hall–Kier alpha value is -3.62. The standard InChI is InChI=1S/C22H18Cl2N6O2/c1-14-25-8-9-30(14)21-11-20(26-13-27-21)28-16-3-5-17(6-4-16)29-22(31)12-32-19-7-2-15(23)10-18(19)24/h2-11,13H,12H2,1H3,(H,29,31)(H,26,27,28). The average molecular weight is 469 g/mol. The highest BCUT2D eigenvalue weighted by Gasteiger charge is 2.08. The lowest BCUT2D eigenvalue weighted by Crippen LogP contribution is -2.20. The van der Waals surface area contributed by atoms with Crippen molar-refractivity contribution in [3.05, 3.63) is 83.1 Å². The van der Waals surface area contributed by atoms with Gasteiger partial charge in [0.15, 0.2) is 6.61 Å². The first-order valence-corrected chi connectivity index (χ1v) is 10.3. The minimum absolute atomic E-state index is 0.182. The molecule has 32 heavy (non-hydrogen) atoms. The van der Waals surface area contributed by atoms with Gasteiger partial charge in [0.1, 0.15) is 29.5 Å². The fourth-order valence-electron chi connectivity index (χ4n) is 2.88. The van der Waals surface area contributed by atoms with Gasteiger partial charge in [-0.2, -0.15) is 0 Å². The lowest BCUT2D eigenvalue weighted by atomic mass is 10.2. The van der Waals surface area contributed by atoms with Gasteiger partial charge in [0.2, 0.25) is 0 Å². The smallest absolute Gasteiger partial charge is 0.262 e. The monoisotopic (exact) mass is 468 g/mol. The molecular formula is C22H18Cl2N6O2. The minimum Gasteiger partial charge on any atom is -0.482 e. The molecule has 0 saturated heterocycles. The first-order valence-electron chi connectivity index (χ1n) is 9.55. The molecule has 8 nitrogen and oxygen atoms in total. The molecular weight excluding hydrogens is 451 g/mol. The van der Waals surface area contributed by atoms with Crippen LogP contribution in [0.5, 0.6) is 5.75 Å². The van der Waals surface area contributed by atoms with Crippen molar-refractivity contribution in [3.8, 4) is 11.6 Å². The van der Waals surface area contributed by atoms with Crippen LogP contribution >= 0.6 is 23.2 Å². The van der Waals surface area contributed by atoms with Crippen molar-refractivity contribution in [1.29, 1.82) is 0 Å². The van der Waals surface area contributed by atoms with Gasteiger partial charge in [0.25, 0.3) is 5.91 Å². The third-order valence-corrected chi connectivity index (χ3v) is 4.95. The Kier molecular flexibility index (Phi) is 6.53. The number of hydrogen-bond donors (Lipinski definition) is 2. The number of nitrogens with one attached hydrogen (secondary N) is 2. The van der Waals surface area contributed by atoms with Gasteiger partial charge in [-0.1, -0.05) is 23.2 Å². The molecule has 162 valence electrons. The van der Waals surface area contributed by atoms with E-state index in [4.69, 9.17) is 27.9 Å². The largest absolute Gasteiger partial charge is 0.482 e. The van der Waals surface area contributed by atoms with Gasteiger partial charge in [-0.25, -0.2) is 15.0 Å². The van der Waals surface area contributed by atoms with Crippen molar-refractivity contribution in [1.82, 2.24) is 19.5 Å². The molecule has 0 radical (unpaired) electrons. The Bertz CT molecular complexity index is 1240. The number of rotatable bonds is 7. The summed E-state index contributed by atoms with van der Waals surface area (Å²) in [5, 5.41) is 6.83. The van der Waals surface area contributed by atoms with Crippen molar-refractivity contribution in [3.63, 3.8) is 0 Å². The summed E-state index contributed by atoms with van der Waals surface area (Å²) in [7, 11) is 0.